The molecule has 2 atom stereocenters. The Hall–Kier alpha value is -2.57. The maximum absolute atomic E-state index is 12.3. The fraction of sp³-hybridized carbons (Fsp3) is 0.471. The van der Waals surface area contributed by atoms with Gasteiger partial charge in [-0.3, -0.25) is 10.3 Å². The zero-order chi connectivity index (χ0) is 17.1. The van der Waals surface area contributed by atoms with E-state index in [0.717, 1.165) is 5.56 Å². The number of ether oxygens (including phenoxy) is 1. The number of amides is 2. The van der Waals surface area contributed by atoms with Crippen molar-refractivity contribution in [1.82, 2.24) is 20.1 Å². The monoisotopic (exact) mass is 329 g/mol. The van der Waals surface area contributed by atoms with Crippen molar-refractivity contribution in [3.05, 3.63) is 36.3 Å². The Bertz CT molecular complexity index is 711. The van der Waals surface area contributed by atoms with E-state index in [0.29, 0.717) is 23.5 Å². The van der Waals surface area contributed by atoms with Gasteiger partial charge in [0.05, 0.1) is 31.6 Å². The average Bonchev–Trinajstić information content (AvgIpc) is 3.34. The first-order valence-electron chi connectivity index (χ1n) is 8.19. The van der Waals surface area contributed by atoms with Crippen molar-refractivity contribution in [2.45, 2.75) is 38.8 Å². The molecule has 7 nitrogen and oxygen atoms in total. The Balaban J connectivity index is 1.64. The van der Waals surface area contributed by atoms with Gasteiger partial charge in [-0.15, -0.1) is 0 Å². The number of urea groups is 1. The van der Waals surface area contributed by atoms with Crippen LogP contribution in [0.1, 0.15) is 44.3 Å². The topological polar surface area (TPSA) is 81.1 Å². The molecule has 1 saturated carbocycles. The van der Waals surface area contributed by atoms with Gasteiger partial charge in [0.15, 0.2) is 0 Å². The minimum atomic E-state index is -0.272. The molecule has 0 aromatic carbocycles. The van der Waals surface area contributed by atoms with Crippen LogP contribution < -0.4 is 15.4 Å². The van der Waals surface area contributed by atoms with E-state index in [1.54, 1.807) is 25.7 Å². The molecule has 24 heavy (non-hydrogen) atoms. The molecular weight excluding hydrogens is 306 g/mol. The van der Waals surface area contributed by atoms with Gasteiger partial charge in [-0.25, -0.2) is 9.48 Å². The summed E-state index contributed by atoms with van der Waals surface area (Å²) in [6.07, 6.45) is 7.49. The lowest BCUT2D eigenvalue weighted by molar-refractivity contribution is 0.248. The second-order valence-corrected chi connectivity index (χ2v) is 6.18. The van der Waals surface area contributed by atoms with Gasteiger partial charge in [0.1, 0.15) is 11.6 Å². The van der Waals surface area contributed by atoms with Crippen molar-refractivity contribution in [2.24, 2.45) is 5.92 Å². The SMILES string of the molecule is COc1cnccc1[C@@H](C)NC(=O)Nc1ccnn1[C@H](C)C1CC1. The molecule has 1 aliphatic rings. The Kier molecular flexibility index (Phi) is 4.69. The highest BCUT2D eigenvalue weighted by molar-refractivity contribution is 5.88. The fourth-order valence-corrected chi connectivity index (χ4v) is 2.86. The highest BCUT2D eigenvalue weighted by Gasteiger charge is 2.30. The van der Waals surface area contributed by atoms with Crippen LogP contribution in [0, 0.1) is 5.92 Å². The van der Waals surface area contributed by atoms with Crippen LogP contribution in [-0.2, 0) is 0 Å². The molecule has 0 saturated heterocycles. The van der Waals surface area contributed by atoms with E-state index in [4.69, 9.17) is 4.74 Å². The highest BCUT2D eigenvalue weighted by atomic mass is 16.5. The zero-order valence-corrected chi connectivity index (χ0v) is 14.2. The Labute approximate surface area is 141 Å². The number of methoxy groups -OCH3 is 1. The number of anilines is 1. The van der Waals surface area contributed by atoms with Gasteiger partial charge in [0, 0.05) is 17.8 Å². The van der Waals surface area contributed by atoms with Crippen molar-refractivity contribution in [1.29, 1.82) is 0 Å². The second-order valence-electron chi connectivity index (χ2n) is 6.18. The largest absolute Gasteiger partial charge is 0.495 e. The van der Waals surface area contributed by atoms with Crippen LogP contribution in [0.3, 0.4) is 0 Å². The van der Waals surface area contributed by atoms with Gasteiger partial charge < -0.3 is 10.1 Å². The highest BCUT2D eigenvalue weighted by Crippen LogP contribution is 2.40. The van der Waals surface area contributed by atoms with E-state index in [2.05, 4.69) is 27.6 Å². The Morgan fingerprint density at radius 2 is 2.12 bits per heavy atom. The average molecular weight is 329 g/mol. The number of rotatable bonds is 6. The summed E-state index contributed by atoms with van der Waals surface area (Å²) in [5, 5.41) is 10.1. The molecule has 0 aliphatic heterocycles. The molecule has 1 fully saturated rings. The van der Waals surface area contributed by atoms with Crippen LogP contribution in [-0.4, -0.2) is 27.9 Å². The van der Waals surface area contributed by atoms with Gasteiger partial charge in [-0.2, -0.15) is 5.10 Å². The lowest BCUT2D eigenvalue weighted by Crippen LogP contribution is -2.32. The lowest BCUT2D eigenvalue weighted by atomic mass is 10.1. The van der Waals surface area contributed by atoms with Crippen LogP contribution in [0.25, 0.3) is 0 Å². The predicted octanol–water partition coefficient (Wildman–Crippen LogP) is 3.14. The number of pyridine rings is 1. The molecular formula is C17H23N5O2. The molecule has 7 heteroatoms. The number of hydrogen-bond acceptors (Lipinski definition) is 4. The van der Waals surface area contributed by atoms with Gasteiger partial charge in [0.2, 0.25) is 0 Å². The Morgan fingerprint density at radius 1 is 1.33 bits per heavy atom. The van der Waals surface area contributed by atoms with Crippen molar-refractivity contribution in [3.8, 4) is 5.75 Å². The summed E-state index contributed by atoms with van der Waals surface area (Å²) in [5.41, 5.74) is 0.877. The van der Waals surface area contributed by atoms with E-state index in [9.17, 15) is 4.79 Å². The number of carbonyl (C=O) groups excluding carboxylic acids is 1. The number of nitrogens with zero attached hydrogens (tertiary/aromatic N) is 3. The number of hydrogen-bond donors (Lipinski definition) is 2. The van der Waals surface area contributed by atoms with E-state index < -0.39 is 0 Å². The summed E-state index contributed by atoms with van der Waals surface area (Å²) < 4.78 is 7.17. The molecule has 0 bridgehead atoms. The molecule has 2 heterocycles. The van der Waals surface area contributed by atoms with Crippen molar-refractivity contribution < 1.29 is 9.53 Å². The summed E-state index contributed by atoms with van der Waals surface area (Å²) in [6, 6.07) is 3.47. The van der Waals surface area contributed by atoms with Crippen LogP contribution in [0.4, 0.5) is 10.6 Å². The standard InChI is InChI=1S/C17H23N5O2/c1-11(14-6-8-18-10-15(14)24-3)20-17(23)21-16-7-9-19-22(16)12(2)13-4-5-13/h6-13H,4-5H2,1-3H3,(H2,20,21,23)/t11-,12-/m1/s1. The first kappa shape index (κ1) is 16.3. The second kappa shape index (κ2) is 6.90. The fourth-order valence-electron chi connectivity index (χ4n) is 2.86. The van der Waals surface area contributed by atoms with Crippen molar-refractivity contribution in [3.63, 3.8) is 0 Å². The normalized spacial score (nSPS) is 16.3. The van der Waals surface area contributed by atoms with E-state index >= 15 is 0 Å². The molecule has 0 spiro atoms. The third-order valence-corrected chi connectivity index (χ3v) is 4.45. The lowest BCUT2D eigenvalue weighted by Gasteiger charge is -2.19. The van der Waals surface area contributed by atoms with Crippen LogP contribution in [0.15, 0.2) is 30.7 Å². The van der Waals surface area contributed by atoms with Gasteiger partial charge >= 0.3 is 6.03 Å². The number of aromatic nitrogens is 3. The summed E-state index contributed by atoms with van der Waals surface area (Å²) in [4.78, 5) is 16.4. The van der Waals surface area contributed by atoms with Crippen LogP contribution in [0.2, 0.25) is 0 Å². The van der Waals surface area contributed by atoms with E-state index in [-0.39, 0.29) is 12.1 Å². The maximum Gasteiger partial charge on any atom is 0.320 e. The first-order chi connectivity index (χ1) is 11.6. The third-order valence-electron chi connectivity index (χ3n) is 4.45. The smallest absolute Gasteiger partial charge is 0.320 e. The number of nitrogens with one attached hydrogen (secondary N) is 2. The minimum absolute atomic E-state index is 0.208. The summed E-state index contributed by atoms with van der Waals surface area (Å²) in [5.74, 6) is 2.02. The van der Waals surface area contributed by atoms with E-state index in [1.807, 2.05) is 23.7 Å². The van der Waals surface area contributed by atoms with Gasteiger partial charge in [0.25, 0.3) is 0 Å². The predicted molar refractivity (Wildman–Crippen MR) is 91.0 cm³/mol. The molecule has 128 valence electrons. The molecule has 0 unspecified atom stereocenters. The molecule has 2 aromatic rings. The minimum Gasteiger partial charge on any atom is -0.495 e. The quantitative estimate of drug-likeness (QED) is 0.853. The molecule has 2 aromatic heterocycles. The van der Waals surface area contributed by atoms with Gasteiger partial charge in [-0.1, -0.05) is 0 Å². The molecule has 1 aliphatic carbocycles. The van der Waals surface area contributed by atoms with Crippen molar-refractivity contribution in [2.75, 3.05) is 12.4 Å². The van der Waals surface area contributed by atoms with Crippen molar-refractivity contribution >= 4 is 11.8 Å². The third kappa shape index (κ3) is 3.50. The molecule has 2 N–H and O–H groups in total. The van der Waals surface area contributed by atoms with Crippen LogP contribution in [0.5, 0.6) is 5.75 Å². The summed E-state index contributed by atoms with van der Waals surface area (Å²) >= 11 is 0. The summed E-state index contributed by atoms with van der Waals surface area (Å²) in [7, 11) is 1.59. The molecule has 2 amide bonds. The zero-order valence-electron chi connectivity index (χ0n) is 14.2. The molecule has 0 radical (unpaired) electrons. The first-order valence-corrected chi connectivity index (χ1v) is 8.19. The van der Waals surface area contributed by atoms with Gasteiger partial charge in [-0.05, 0) is 38.7 Å². The maximum atomic E-state index is 12.3. The number of carbonyl (C=O) groups is 1. The van der Waals surface area contributed by atoms with Crippen LogP contribution >= 0.6 is 0 Å². The Morgan fingerprint density at radius 3 is 2.83 bits per heavy atom. The van der Waals surface area contributed by atoms with E-state index in [1.165, 1.54) is 12.8 Å². The summed E-state index contributed by atoms with van der Waals surface area (Å²) in [6.45, 7) is 4.04. The molecule has 3 rings (SSSR count).